The summed E-state index contributed by atoms with van der Waals surface area (Å²) >= 11 is 0. The van der Waals surface area contributed by atoms with Crippen LogP contribution in [0, 0.1) is 0 Å². The number of Topliss-reactive ketones (excluding diaryl/α,β-unsaturated/α-hetero) is 1. The van der Waals surface area contributed by atoms with Crippen molar-refractivity contribution in [3.63, 3.8) is 0 Å². The smallest absolute Gasteiger partial charge is 0.342 e. The molecule has 0 fully saturated rings. The lowest BCUT2D eigenvalue weighted by Gasteiger charge is -2.16. The van der Waals surface area contributed by atoms with Gasteiger partial charge in [-0.1, -0.05) is 26.8 Å². The molecule has 34 heavy (non-hydrogen) atoms. The van der Waals surface area contributed by atoms with Crippen LogP contribution < -0.4 is 5.56 Å². The van der Waals surface area contributed by atoms with Crippen molar-refractivity contribution in [2.24, 2.45) is 0 Å². The minimum absolute atomic E-state index is 0.0579. The third kappa shape index (κ3) is 8.89. The summed E-state index contributed by atoms with van der Waals surface area (Å²) in [5.74, 6) is -0.221. The van der Waals surface area contributed by atoms with E-state index in [1.807, 2.05) is 20.8 Å². The summed E-state index contributed by atoms with van der Waals surface area (Å²) in [5.41, 5.74) is 0.216. The highest BCUT2D eigenvalue weighted by molar-refractivity contribution is 7.93. The SMILES string of the molecule is CC(C)(C)c1ncc2c(=O)n(C/C=C/S(C)(=O)=O)ccc2n1.COC(=O)C(=CN(C)C)C(C)=O. The second-order valence-corrected chi connectivity index (χ2v) is 10.7. The largest absolute Gasteiger partial charge is 0.465 e. The molecule has 2 rings (SSSR count). The lowest BCUT2D eigenvalue weighted by atomic mass is 9.95. The van der Waals surface area contributed by atoms with E-state index in [9.17, 15) is 22.8 Å². The minimum atomic E-state index is -3.19. The van der Waals surface area contributed by atoms with Crippen LogP contribution in [0.3, 0.4) is 0 Å². The Hall–Kier alpha value is -3.34. The van der Waals surface area contributed by atoms with Crippen molar-refractivity contribution in [3.05, 3.63) is 57.9 Å². The maximum Gasteiger partial charge on any atom is 0.342 e. The summed E-state index contributed by atoms with van der Waals surface area (Å²) in [7, 11) is 1.51. The highest BCUT2D eigenvalue weighted by Gasteiger charge is 2.18. The molecule has 0 saturated heterocycles. The average Bonchev–Trinajstić information content (AvgIpc) is 2.71. The zero-order valence-corrected chi connectivity index (χ0v) is 21.6. The van der Waals surface area contributed by atoms with Gasteiger partial charge in [0.2, 0.25) is 0 Å². The molecule has 0 atom stereocenters. The fourth-order valence-corrected chi connectivity index (χ4v) is 3.00. The van der Waals surface area contributed by atoms with E-state index in [4.69, 9.17) is 0 Å². The lowest BCUT2D eigenvalue weighted by Crippen LogP contribution is -2.21. The Morgan fingerprint density at radius 2 is 1.85 bits per heavy atom. The van der Waals surface area contributed by atoms with Gasteiger partial charge >= 0.3 is 5.97 Å². The average molecular weight is 493 g/mol. The van der Waals surface area contributed by atoms with Crippen LogP contribution in [0.5, 0.6) is 0 Å². The quantitative estimate of drug-likeness (QED) is 0.257. The molecule has 2 aromatic rings. The van der Waals surface area contributed by atoms with Crippen molar-refractivity contribution in [1.29, 1.82) is 0 Å². The van der Waals surface area contributed by atoms with E-state index in [0.29, 0.717) is 16.7 Å². The molecule has 0 amide bonds. The van der Waals surface area contributed by atoms with Gasteiger partial charge in [0, 0.05) is 56.3 Å². The molecule has 0 aliphatic heterocycles. The van der Waals surface area contributed by atoms with Gasteiger partial charge in [0.25, 0.3) is 5.56 Å². The van der Waals surface area contributed by atoms with Crippen LogP contribution in [0.4, 0.5) is 0 Å². The van der Waals surface area contributed by atoms with Crippen molar-refractivity contribution in [1.82, 2.24) is 19.4 Å². The van der Waals surface area contributed by atoms with Crippen LogP contribution in [0.15, 0.2) is 46.5 Å². The molecule has 186 valence electrons. The Bertz CT molecular complexity index is 1270. The summed E-state index contributed by atoms with van der Waals surface area (Å²) in [6.45, 7) is 7.53. The van der Waals surface area contributed by atoms with Crippen molar-refractivity contribution in [2.75, 3.05) is 27.5 Å². The minimum Gasteiger partial charge on any atom is -0.465 e. The molecule has 0 N–H and O–H groups in total. The van der Waals surface area contributed by atoms with Gasteiger partial charge in [0.1, 0.15) is 11.4 Å². The zero-order valence-electron chi connectivity index (χ0n) is 20.8. The number of hydrogen-bond acceptors (Lipinski definition) is 9. The first-order valence-corrected chi connectivity index (χ1v) is 12.2. The van der Waals surface area contributed by atoms with E-state index in [-0.39, 0.29) is 28.9 Å². The predicted octanol–water partition coefficient (Wildman–Crippen LogP) is 1.84. The third-order valence-corrected chi connectivity index (χ3v) is 4.90. The molecule has 11 heteroatoms. The van der Waals surface area contributed by atoms with E-state index >= 15 is 0 Å². The number of carbonyl (C=O) groups is 2. The van der Waals surface area contributed by atoms with Crippen LogP contribution in [0.25, 0.3) is 10.9 Å². The molecule has 10 nitrogen and oxygen atoms in total. The first kappa shape index (κ1) is 28.7. The van der Waals surface area contributed by atoms with Crippen LogP contribution in [-0.4, -0.2) is 67.1 Å². The molecule has 0 unspecified atom stereocenters. The molecule has 0 spiro atoms. The zero-order chi connectivity index (χ0) is 26.3. The molecule has 0 radical (unpaired) electrons. The molecule has 0 bridgehead atoms. The van der Waals surface area contributed by atoms with Crippen molar-refractivity contribution in [3.8, 4) is 0 Å². The van der Waals surface area contributed by atoms with Crippen LogP contribution in [0.1, 0.15) is 33.5 Å². The van der Waals surface area contributed by atoms with Gasteiger partial charge in [-0.25, -0.2) is 23.2 Å². The van der Waals surface area contributed by atoms with Crippen LogP contribution in [-0.2, 0) is 36.1 Å². The number of pyridine rings is 1. The number of methoxy groups -OCH3 is 1. The summed E-state index contributed by atoms with van der Waals surface area (Å²) < 4.78 is 28.0. The number of nitrogens with zero attached hydrogens (tertiary/aromatic N) is 4. The van der Waals surface area contributed by atoms with Gasteiger partial charge in [-0.05, 0) is 13.0 Å². The summed E-state index contributed by atoms with van der Waals surface area (Å²) in [5, 5.41) is 1.51. The number of hydrogen-bond donors (Lipinski definition) is 0. The number of ether oxygens (including phenoxy) is 1. The van der Waals surface area contributed by atoms with Crippen molar-refractivity contribution < 1.29 is 22.7 Å². The lowest BCUT2D eigenvalue weighted by molar-refractivity contribution is -0.137. The summed E-state index contributed by atoms with van der Waals surface area (Å²) in [6.07, 6.45) is 7.12. The first-order valence-electron chi connectivity index (χ1n) is 10.3. The summed E-state index contributed by atoms with van der Waals surface area (Å²) in [6, 6.07) is 1.74. The van der Waals surface area contributed by atoms with Gasteiger partial charge in [-0.2, -0.15) is 0 Å². The number of ketones is 1. The normalized spacial score (nSPS) is 12.3. The molecule has 0 aliphatic carbocycles. The van der Waals surface area contributed by atoms with E-state index in [0.717, 1.165) is 11.7 Å². The predicted molar refractivity (Wildman–Crippen MR) is 131 cm³/mol. The van der Waals surface area contributed by atoms with E-state index in [2.05, 4.69) is 14.7 Å². The monoisotopic (exact) mass is 492 g/mol. The highest BCUT2D eigenvalue weighted by Crippen LogP contribution is 2.19. The number of esters is 1. The van der Waals surface area contributed by atoms with Gasteiger partial charge in [-0.15, -0.1) is 0 Å². The van der Waals surface area contributed by atoms with Crippen LogP contribution >= 0.6 is 0 Å². The maximum absolute atomic E-state index is 12.3. The Labute approximate surface area is 199 Å². The second kappa shape index (κ2) is 11.7. The standard InChI is InChI=1S/C15H19N3O3S.C8H13NO3/c1-15(2,3)14-16-10-11-12(17-14)6-8-18(13(11)19)7-5-9-22(4,20)21;1-6(10)7(5-9(2)3)8(11)12-4/h5-6,8-10H,7H2,1-4H3;5H,1-4H3/b9-5+;. The van der Waals surface area contributed by atoms with Gasteiger partial charge < -0.3 is 14.2 Å². The summed E-state index contributed by atoms with van der Waals surface area (Å²) in [4.78, 5) is 44.5. The van der Waals surface area contributed by atoms with Crippen molar-refractivity contribution in [2.45, 2.75) is 39.7 Å². The van der Waals surface area contributed by atoms with E-state index in [1.165, 1.54) is 37.1 Å². The van der Waals surface area contributed by atoms with Gasteiger partial charge in [-0.3, -0.25) is 9.59 Å². The van der Waals surface area contributed by atoms with Gasteiger partial charge in [0.05, 0.1) is 18.0 Å². The van der Waals surface area contributed by atoms with E-state index in [1.54, 1.807) is 31.3 Å². The number of carbonyl (C=O) groups excluding carboxylic acids is 2. The molecule has 0 aliphatic rings. The number of sulfone groups is 1. The Morgan fingerprint density at radius 3 is 2.32 bits per heavy atom. The number of fused-ring (bicyclic) bond motifs is 1. The maximum atomic E-state index is 12.3. The molecule has 2 heterocycles. The number of allylic oxidation sites excluding steroid dienone is 1. The highest BCUT2D eigenvalue weighted by atomic mass is 32.2. The fraction of sp³-hybridized carbons (Fsp3) is 0.435. The fourth-order valence-electron chi connectivity index (χ4n) is 2.56. The van der Waals surface area contributed by atoms with Gasteiger partial charge in [0.15, 0.2) is 15.6 Å². The Kier molecular flexibility index (Phi) is 9.86. The molecular weight excluding hydrogens is 460 g/mol. The molecule has 2 aromatic heterocycles. The van der Waals surface area contributed by atoms with Crippen molar-refractivity contribution >= 4 is 32.5 Å². The van der Waals surface area contributed by atoms with Crippen LogP contribution in [0.2, 0.25) is 0 Å². The first-order chi connectivity index (χ1) is 15.6. The number of rotatable bonds is 6. The molecule has 0 saturated carbocycles. The second-order valence-electron chi connectivity index (χ2n) is 8.77. The Morgan fingerprint density at radius 1 is 1.24 bits per heavy atom. The third-order valence-electron chi connectivity index (χ3n) is 4.21. The molecular formula is C23H32N4O6S. The van der Waals surface area contributed by atoms with E-state index < -0.39 is 15.8 Å². The Balaban J connectivity index is 0.000000411. The number of aromatic nitrogens is 3. The molecule has 0 aromatic carbocycles. The topological polar surface area (TPSA) is 129 Å².